The highest BCUT2D eigenvalue weighted by atomic mass is 35.5. The predicted molar refractivity (Wildman–Crippen MR) is 144 cm³/mol. The van der Waals surface area contributed by atoms with Crippen LogP contribution in [-0.4, -0.2) is 0 Å². The molecule has 0 aromatic heterocycles. The summed E-state index contributed by atoms with van der Waals surface area (Å²) >= 11 is 6.00. The maximum absolute atomic E-state index is 6.00. The quantitative estimate of drug-likeness (QED) is 0.328. The summed E-state index contributed by atoms with van der Waals surface area (Å²) in [6.45, 7) is 2.33. The number of unbranched alkanes of at least 4 members (excludes halogenated alkanes) is 1. The van der Waals surface area contributed by atoms with Gasteiger partial charge < -0.3 is 0 Å². The third kappa shape index (κ3) is 7.88. The van der Waals surface area contributed by atoms with Gasteiger partial charge in [0.2, 0.25) is 0 Å². The number of hydrogen-bond acceptors (Lipinski definition) is 0. The molecule has 2 aliphatic carbocycles. The van der Waals surface area contributed by atoms with Crippen molar-refractivity contribution >= 4 is 11.6 Å². The smallest absolute Gasteiger partial charge is 0.0406 e. The largest absolute Gasteiger partial charge is 0.0843 e. The van der Waals surface area contributed by atoms with Crippen LogP contribution >= 0.6 is 11.6 Å². The zero-order valence-corrected chi connectivity index (χ0v) is 21.7. The second-order valence-electron chi connectivity index (χ2n) is 11.2. The van der Waals surface area contributed by atoms with Gasteiger partial charge in [0.25, 0.3) is 0 Å². The lowest BCUT2D eigenvalue weighted by Crippen LogP contribution is -2.17. The first kappa shape index (κ1) is 24.8. The van der Waals surface area contributed by atoms with Crippen LogP contribution in [-0.2, 0) is 12.8 Å². The molecule has 2 aromatic carbocycles. The summed E-state index contributed by atoms with van der Waals surface area (Å²) in [6, 6.07) is 17.9. The van der Waals surface area contributed by atoms with Crippen molar-refractivity contribution < 1.29 is 0 Å². The van der Waals surface area contributed by atoms with E-state index in [2.05, 4.69) is 43.3 Å². The maximum Gasteiger partial charge on any atom is 0.0406 e. The van der Waals surface area contributed by atoms with Gasteiger partial charge in [-0.2, -0.15) is 0 Å². The monoisotopic (exact) mass is 464 g/mol. The molecule has 0 N–H and O–H groups in total. The van der Waals surface area contributed by atoms with Gasteiger partial charge in [0, 0.05) is 5.02 Å². The van der Waals surface area contributed by atoms with Crippen LogP contribution in [0.15, 0.2) is 48.5 Å². The minimum absolute atomic E-state index is 0.792. The molecule has 0 unspecified atom stereocenters. The molecule has 0 amide bonds. The Bertz CT molecular complexity index is 789. The fourth-order valence-corrected chi connectivity index (χ4v) is 6.58. The molecule has 33 heavy (non-hydrogen) atoms. The molecule has 2 fully saturated rings. The Morgan fingerprint density at radius 3 is 1.58 bits per heavy atom. The standard InChI is InChI=1S/C32H45Cl/c1-2-3-4-25-5-7-26(8-6-25)9-10-27-13-19-30(20-14-27)31-21-15-28(16-22-31)11-12-29-17-23-32(33)24-18-29/h15-18,21-27,30H,2-14,19-20H2,1H3/t25-,26-,27?,30?. The lowest BCUT2D eigenvalue weighted by atomic mass is 9.74. The second kappa shape index (κ2) is 13.0. The second-order valence-corrected chi connectivity index (χ2v) is 11.6. The molecule has 2 aromatic rings. The van der Waals surface area contributed by atoms with Gasteiger partial charge in [-0.25, -0.2) is 0 Å². The van der Waals surface area contributed by atoms with Crippen molar-refractivity contribution in [2.45, 2.75) is 109 Å². The van der Waals surface area contributed by atoms with Gasteiger partial charge >= 0.3 is 0 Å². The molecule has 0 aliphatic heterocycles. The van der Waals surface area contributed by atoms with E-state index < -0.39 is 0 Å². The average molecular weight is 465 g/mol. The van der Waals surface area contributed by atoms with Gasteiger partial charge in [-0.3, -0.25) is 0 Å². The molecule has 4 rings (SSSR count). The number of rotatable bonds is 10. The number of hydrogen-bond donors (Lipinski definition) is 0. The SMILES string of the molecule is CCCC[C@H]1CC[C@H](CCC2CCC(c3ccc(CCc4ccc(Cl)cc4)cc3)CC2)CC1. The lowest BCUT2D eigenvalue weighted by molar-refractivity contribution is 0.222. The predicted octanol–water partition coefficient (Wildman–Crippen LogP) is 10.2. The zero-order chi connectivity index (χ0) is 22.9. The molecule has 0 radical (unpaired) electrons. The first-order valence-corrected chi connectivity index (χ1v) is 14.4. The van der Waals surface area contributed by atoms with E-state index in [0.717, 1.165) is 41.5 Å². The fraction of sp³-hybridized carbons (Fsp3) is 0.625. The molecule has 0 atom stereocenters. The van der Waals surface area contributed by atoms with Crippen molar-refractivity contribution in [3.05, 3.63) is 70.2 Å². The fourth-order valence-electron chi connectivity index (χ4n) is 6.45. The Hall–Kier alpha value is -1.27. The normalized spacial score (nSPS) is 25.8. The maximum atomic E-state index is 6.00. The van der Waals surface area contributed by atoms with Crippen molar-refractivity contribution in [3.8, 4) is 0 Å². The third-order valence-corrected chi connectivity index (χ3v) is 9.08. The summed E-state index contributed by atoms with van der Waals surface area (Å²) in [5.41, 5.74) is 4.40. The summed E-state index contributed by atoms with van der Waals surface area (Å²) in [5.74, 6) is 3.89. The Kier molecular flexibility index (Phi) is 9.78. The van der Waals surface area contributed by atoms with E-state index in [-0.39, 0.29) is 0 Å². The number of aryl methyl sites for hydroxylation is 2. The highest BCUT2D eigenvalue weighted by Crippen LogP contribution is 2.40. The highest BCUT2D eigenvalue weighted by Gasteiger charge is 2.25. The van der Waals surface area contributed by atoms with E-state index in [9.17, 15) is 0 Å². The molecule has 0 nitrogen and oxygen atoms in total. The van der Waals surface area contributed by atoms with Crippen LogP contribution in [0.25, 0.3) is 0 Å². The van der Waals surface area contributed by atoms with E-state index in [1.807, 2.05) is 12.1 Å². The molecule has 2 aliphatic rings. The van der Waals surface area contributed by atoms with E-state index in [4.69, 9.17) is 11.6 Å². The molecule has 0 saturated heterocycles. The van der Waals surface area contributed by atoms with Crippen LogP contribution in [0.5, 0.6) is 0 Å². The number of halogens is 1. The van der Waals surface area contributed by atoms with Gasteiger partial charge in [-0.1, -0.05) is 113 Å². The first-order valence-electron chi connectivity index (χ1n) is 14.0. The molecular formula is C32H45Cl. The van der Waals surface area contributed by atoms with Crippen LogP contribution in [0.4, 0.5) is 0 Å². The van der Waals surface area contributed by atoms with Crippen molar-refractivity contribution in [1.82, 2.24) is 0 Å². The average Bonchev–Trinajstić information content (AvgIpc) is 2.87. The summed E-state index contributed by atoms with van der Waals surface area (Å²) < 4.78 is 0. The van der Waals surface area contributed by atoms with Gasteiger partial charge in [-0.15, -0.1) is 0 Å². The lowest BCUT2D eigenvalue weighted by Gasteiger charge is -2.32. The molecule has 0 heterocycles. The summed E-state index contributed by atoms with van der Waals surface area (Å²) in [7, 11) is 0. The van der Waals surface area contributed by atoms with Gasteiger partial charge in [-0.05, 0) is 91.0 Å². The molecular weight excluding hydrogens is 420 g/mol. The van der Waals surface area contributed by atoms with Crippen LogP contribution in [0.1, 0.15) is 113 Å². The van der Waals surface area contributed by atoms with Gasteiger partial charge in [0.1, 0.15) is 0 Å². The minimum Gasteiger partial charge on any atom is -0.0843 e. The zero-order valence-electron chi connectivity index (χ0n) is 20.9. The van der Waals surface area contributed by atoms with Crippen molar-refractivity contribution in [1.29, 1.82) is 0 Å². The Labute approximate surface area is 208 Å². The third-order valence-electron chi connectivity index (χ3n) is 8.83. The van der Waals surface area contributed by atoms with E-state index >= 15 is 0 Å². The molecule has 180 valence electrons. The Morgan fingerprint density at radius 2 is 1.06 bits per heavy atom. The molecule has 0 spiro atoms. The van der Waals surface area contributed by atoms with Crippen LogP contribution in [0, 0.1) is 17.8 Å². The summed E-state index contributed by atoms with van der Waals surface area (Å²) in [5, 5.41) is 0.822. The van der Waals surface area contributed by atoms with Crippen molar-refractivity contribution in [3.63, 3.8) is 0 Å². The molecule has 0 bridgehead atoms. The van der Waals surface area contributed by atoms with Crippen molar-refractivity contribution in [2.75, 3.05) is 0 Å². The Balaban J connectivity index is 1.14. The van der Waals surface area contributed by atoms with E-state index in [1.165, 1.54) is 94.6 Å². The van der Waals surface area contributed by atoms with Crippen LogP contribution in [0.3, 0.4) is 0 Å². The molecule has 2 saturated carbocycles. The first-order chi connectivity index (χ1) is 16.2. The van der Waals surface area contributed by atoms with Crippen molar-refractivity contribution in [2.24, 2.45) is 17.8 Å². The Morgan fingerprint density at radius 1 is 0.606 bits per heavy atom. The number of benzene rings is 2. The molecule has 1 heteroatoms. The van der Waals surface area contributed by atoms with E-state index in [1.54, 1.807) is 5.56 Å². The van der Waals surface area contributed by atoms with E-state index in [0.29, 0.717) is 0 Å². The van der Waals surface area contributed by atoms with Gasteiger partial charge in [0.15, 0.2) is 0 Å². The van der Waals surface area contributed by atoms with Crippen LogP contribution in [0.2, 0.25) is 5.02 Å². The highest BCUT2D eigenvalue weighted by molar-refractivity contribution is 6.30. The van der Waals surface area contributed by atoms with Crippen LogP contribution < -0.4 is 0 Å². The summed E-state index contributed by atoms with van der Waals surface area (Å²) in [4.78, 5) is 0. The van der Waals surface area contributed by atoms with Gasteiger partial charge in [0.05, 0.1) is 0 Å². The summed E-state index contributed by atoms with van der Waals surface area (Å²) in [6.07, 6.45) is 21.3. The minimum atomic E-state index is 0.792. The topological polar surface area (TPSA) is 0 Å².